The maximum atomic E-state index is 11.9. The lowest BCUT2D eigenvalue weighted by Gasteiger charge is -2.35. The van der Waals surface area contributed by atoms with Gasteiger partial charge in [-0.05, 0) is 42.9 Å². The number of hydrogen-bond donors (Lipinski definition) is 1. The van der Waals surface area contributed by atoms with Crippen LogP contribution in [0.1, 0.15) is 40.7 Å². The van der Waals surface area contributed by atoms with Crippen LogP contribution >= 0.6 is 0 Å². The van der Waals surface area contributed by atoms with Crippen LogP contribution in [0.15, 0.2) is 30.4 Å². The van der Waals surface area contributed by atoms with Gasteiger partial charge < -0.3 is 5.11 Å². The van der Waals surface area contributed by atoms with Gasteiger partial charge in [0, 0.05) is 11.8 Å². The topological polar surface area (TPSA) is 54.4 Å². The fraction of sp³-hybridized carbons (Fsp3) is 0.375. The summed E-state index contributed by atoms with van der Waals surface area (Å²) >= 11 is 0. The molecule has 0 bridgehead atoms. The quantitative estimate of drug-likeness (QED) is 0.828. The molecule has 2 aliphatic carbocycles. The fourth-order valence-corrected chi connectivity index (χ4v) is 3.58. The Morgan fingerprint density at radius 1 is 1.32 bits per heavy atom. The molecule has 19 heavy (non-hydrogen) atoms. The Labute approximate surface area is 111 Å². The largest absolute Gasteiger partial charge is 0.478 e. The van der Waals surface area contributed by atoms with E-state index >= 15 is 0 Å². The van der Waals surface area contributed by atoms with Crippen molar-refractivity contribution in [2.75, 3.05) is 0 Å². The van der Waals surface area contributed by atoms with Gasteiger partial charge in [-0.2, -0.15) is 0 Å². The second-order valence-electron chi connectivity index (χ2n) is 5.45. The highest BCUT2D eigenvalue weighted by Gasteiger charge is 2.40. The first kappa shape index (κ1) is 12.2. The number of ketones is 1. The van der Waals surface area contributed by atoms with Crippen molar-refractivity contribution < 1.29 is 14.7 Å². The van der Waals surface area contributed by atoms with Crippen molar-refractivity contribution in [3.05, 3.63) is 47.0 Å². The third-order valence-electron chi connectivity index (χ3n) is 4.48. The molecular formula is C16H16O3. The number of carbonyl (C=O) groups excluding carboxylic acids is 1. The van der Waals surface area contributed by atoms with Crippen LogP contribution in [0, 0.1) is 11.8 Å². The highest BCUT2D eigenvalue weighted by molar-refractivity contribution is 5.90. The van der Waals surface area contributed by atoms with Crippen LogP contribution < -0.4 is 0 Å². The summed E-state index contributed by atoms with van der Waals surface area (Å²) in [6.07, 6.45) is 5.74. The number of benzene rings is 1. The Hall–Kier alpha value is -1.90. The highest BCUT2D eigenvalue weighted by atomic mass is 16.4. The molecular weight excluding hydrogens is 240 g/mol. The lowest BCUT2D eigenvalue weighted by molar-refractivity contribution is -0.122. The average Bonchev–Trinajstić information content (AvgIpc) is 2.85. The Bertz CT molecular complexity index is 586. The number of aromatic carboxylic acids is 1. The molecule has 1 N–H and O–H groups in total. The summed E-state index contributed by atoms with van der Waals surface area (Å²) in [5, 5.41) is 9.30. The molecule has 1 aromatic carbocycles. The Balaban J connectivity index is 2.15. The second-order valence-corrected chi connectivity index (χ2v) is 5.45. The number of carboxylic acid groups (broad SMARTS) is 1. The molecule has 0 saturated carbocycles. The van der Waals surface area contributed by atoms with Crippen LogP contribution in [0.25, 0.3) is 0 Å². The lowest BCUT2D eigenvalue weighted by Crippen LogP contribution is -2.32. The van der Waals surface area contributed by atoms with Gasteiger partial charge in [0.2, 0.25) is 0 Å². The van der Waals surface area contributed by atoms with E-state index in [1.54, 1.807) is 19.1 Å². The van der Waals surface area contributed by atoms with E-state index in [4.69, 9.17) is 0 Å². The van der Waals surface area contributed by atoms with Gasteiger partial charge in [-0.3, -0.25) is 4.79 Å². The molecule has 0 heterocycles. The number of carboxylic acids is 1. The molecule has 0 spiro atoms. The molecule has 3 nitrogen and oxygen atoms in total. The summed E-state index contributed by atoms with van der Waals surface area (Å²) in [6.45, 7) is 1.62. The van der Waals surface area contributed by atoms with Gasteiger partial charge in [-0.1, -0.05) is 24.3 Å². The fourth-order valence-electron chi connectivity index (χ4n) is 3.58. The van der Waals surface area contributed by atoms with Gasteiger partial charge in [0.15, 0.2) is 0 Å². The van der Waals surface area contributed by atoms with Crippen LogP contribution in [-0.4, -0.2) is 16.9 Å². The minimum Gasteiger partial charge on any atom is -0.478 e. The third kappa shape index (κ3) is 1.81. The molecule has 0 aliphatic heterocycles. The van der Waals surface area contributed by atoms with Gasteiger partial charge in [0.1, 0.15) is 5.78 Å². The minimum atomic E-state index is -0.903. The first-order chi connectivity index (χ1) is 9.09. The van der Waals surface area contributed by atoms with E-state index < -0.39 is 5.97 Å². The number of Topliss-reactive ketones (excluding diaryl/α,β-unsaturated/α-hetero) is 1. The van der Waals surface area contributed by atoms with Crippen molar-refractivity contribution in [1.29, 1.82) is 0 Å². The van der Waals surface area contributed by atoms with E-state index in [1.807, 2.05) is 6.07 Å². The van der Waals surface area contributed by atoms with E-state index in [-0.39, 0.29) is 17.6 Å². The van der Waals surface area contributed by atoms with E-state index in [0.717, 1.165) is 17.5 Å². The van der Waals surface area contributed by atoms with Crippen molar-refractivity contribution in [2.24, 2.45) is 11.8 Å². The predicted octanol–water partition coefficient (Wildman–Crippen LogP) is 2.81. The molecule has 0 saturated heterocycles. The van der Waals surface area contributed by atoms with Gasteiger partial charge in [0.05, 0.1) is 5.56 Å². The summed E-state index contributed by atoms with van der Waals surface area (Å²) < 4.78 is 0. The zero-order chi connectivity index (χ0) is 13.6. The highest BCUT2D eigenvalue weighted by Crippen LogP contribution is 2.46. The Kier molecular flexibility index (Phi) is 2.77. The summed E-state index contributed by atoms with van der Waals surface area (Å²) in [5.74, 6) is -0.261. The number of allylic oxidation sites excluding steroid dienone is 2. The number of hydrogen-bond acceptors (Lipinski definition) is 2. The molecule has 0 aromatic heterocycles. The maximum Gasteiger partial charge on any atom is 0.335 e. The predicted molar refractivity (Wildman–Crippen MR) is 71.3 cm³/mol. The van der Waals surface area contributed by atoms with E-state index in [1.165, 1.54) is 0 Å². The van der Waals surface area contributed by atoms with Crippen molar-refractivity contribution in [2.45, 2.75) is 25.7 Å². The lowest BCUT2D eigenvalue weighted by atomic mass is 9.68. The molecule has 0 amide bonds. The zero-order valence-corrected chi connectivity index (χ0v) is 10.8. The van der Waals surface area contributed by atoms with Crippen LogP contribution in [-0.2, 0) is 11.2 Å². The zero-order valence-electron chi connectivity index (χ0n) is 10.8. The summed E-state index contributed by atoms with van der Waals surface area (Å²) in [6, 6.07) is 5.45. The smallest absolute Gasteiger partial charge is 0.335 e. The monoisotopic (exact) mass is 256 g/mol. The van der Waals surface area contributed by atoms with Crippen LogP contribution in [0.5, 0.6) is 0 Å². The molecule has 2 aliphatic rings. The van der Waals surface area contributed by atoms with Crippen molar-refractivity contribution in [1.82, 2.24) is 0 Å². The Morgan fingerprint density at radius 2 is 2.11 bits per heavy atom. The molecule has 3 rings (SSSR count). The molecule has 3 atom stereocenters. The van der Waals surface area contributed by atoms with Crippen molar-refractivity contribution in [3.63, 3.8) is 0 Å². The standard InChI is InChI=1S/C16H16O3/c1-9(17)14-8-15-12(10-4-2-5-11(10)14)6-3-7-13(15)16(18)19/h2-4,6-7,10-11,14H,5,8H2,1H3,(H,18,19). The maximum absolute atomic E-state index is 11.9. The molecule has 3 heteroatoms. The molecule has 98 valence electrons. The third-order valence-corrected chi connectivity index (χ3v) is 4.48. The summed E-state index contributed by atoms with van der Waals surface area (Å²) in [7, 11) is 0. The van der Waals surface area contributed by atoms with Crippen LogP contribution in [0.3, 0.4) is 0 Å². The summed E-state index contributed by atoms with van der Waals surface area (Å²) in [5.41, 5.74) is 2.29. The Morgan fingerprint density at radius 3 is 2.79 bits per heavy atom. The van der Waals surface area contributed by atoms with Gasteiger partial charge >= 0.3 is 5.97 Å². The average molecular weight is 256 g/mol. The SMILES string of the molecule is CC(=O)C1Cc2c(C(=O)O)cccc2C2C=CCC12. The normalized spacial score (nSPS) is 27.7. The molecule has 0 fully saturated rings. The molecule has 0 radical (unpaired) electrons. The minimum absolute atomic E-state index is 0.0481. The number of fused-ring (bicyclic) bond motifs is 3. The van der Waals surface area contributed by atoms with Crippen molar-refractivity contribution >= 4 is 11.8 Å². The summed E-state index contributed by atoms with van der Waals surface area (Å²) in [4.78, 5) is 23.2. The van der Waals surface area contributed by atoms with Gasteiger partial charge in [-0.25, -0.2) is 4.79 Å². The first-order valence-electron chi connectivity index (χ1n) is 6.61. The van der Waals surface area contributed by atoms with Crippen LogP contribution in [0.4, 0.5) is 0 Å². The molecule has 3 unspecified atom stereocenters. The first-order valence-corrected chi connectivity index (χ1v) is 6.61. The second kappa shape index (κ2) is 4.34. The van der Waals surface area contributed by atoms with E-state index in [2.05, 4.69) is 12.2 Å². The number of carbonyl (C=O) groups is 2. The van der Waals surface area contributed by atoms with Crippen LogP contribution in [0.2, 0.25) is 0 Å². The number of rotatable bonds is 2. The van der Waals surface area contributed by atoms with Gasteiger partial charge in [0.25, 0.3) is 0 Å². The van der Waals surface area contributed by atoms with E-state index in [9.17, 15) is 14.7 Å². The van der Waals surface area contributed by atoms with Crippen molar-refractivity contribution in [3.8, 4) is 0 Å². The van der Waals surface area contributed by atoms with E-state index in [0.29, 0.717) is 17.9 Å². The van der Waals surface area contributed by atoms with Gasteiger partial charge in [-0.15, -0.1) is 0 Å². The molecule has 1 aromatic rings.